The number of hydrogen-bond donors (Lipinski definition) is 1. The van der Waals surface area contributed by atoms with Gasteiger partial charge in [-0.15, -0.1) is 0 Å². The summed E-state index contributed by atoms with van der Waals surface area (Å²) in [5.41, 5.74) is 0.722. The van der Waals surface area contributed by atoms with Crippen molar-refractivity contribution in [2.75, 3.05) is 0 Å². The van der Waals surface area contributed by atoms with Gasteiger partial charge in [-0.25, -0.2) is 13.1 Å². The lowest BCUT2D eigenvalue weighted by Gasteiger charge is -2.16. The molecule has 6 heteroatoms. The third kappa shape index (κ3) is 3.52. The van der Waals surface area contributed by atoms with E-state index in [0.29, 0.717) is 10.0 Å². The van der Waals surface area contributed by atoms with Crippen molar-refractivity contribution in [2.24, 2.45) is 0 Å². The minimum absolute atomic E-state index is 0.129. The summed E-state index contributed by atoms with van der Waals surface area (Å²) in [6.07, 6.45) is 0. The zero-order valence-electron chi connectivity index (χ0n) is 10.7. The van der Waals surface area contributed by atoms with Crippen LogP contribution < -0.4 is 4.72 Å². The first-order valence-corrected chi connectivity index (χ1v) is 8.16. The minimum atomic E-state index is -3.64. The molecule has 0 amide bonds. The van der Waals surface area contributed by atoms with Crippen LogP contribution in [0.4, 0.5) is 0 Å². The average Bonchev–Trinajstić information content (AvgIpc) is 2.38. The molecule has 0 bridgehead atoms. The Kier molecular flexibility index (Phi) is 4.70. The largest absolute Gasteiger partial charge is 0.241 e. The lowest BCUT2D eigenvalue weighted by molar-refractivity contribution is 0.567. The van der Waals surface area contributed by atoms with E-state index in [0.717, 1.165) is 5.56 Å². The molecule has 0 aromatic heterocycles. The van der Waals surface area contributed by atoms with Crippen molar-refractivity contribution in [3.05, 3.63) is 64.1 Å². The fraction of sp³-hybridized carbons (Fsp3) is 0.143. The van der Waals surface area contributed by atoms with Crippen LogP contribution in [0.2, 0.25) is 10.0 Å². The molecule has 20 heavy (non-hydrogen) atoms. The van der Waals surface area contributed by atoms with Crippen molar-refractivity contribution in [3.8, 4) is 0 Å². The maximum atomic E-state index is 12.3. The zero-order valence-corrected chi connectivity index (χ0v) is 13.0. The third-order valence-corrected chi connectivity index (χ3v) is 4.93. The topological polar surface area (TPSA) is 46.2 Å². The van der Waals surface area contributed by atoms with Crippen LogP contribution >= 0.6 is 23.2 Å². The van der Waals surface area contributed by atoms with Crippen LogP contribution in [0.1, 0.15) is 18.5 Å². The van der Waals surface area contributed by atoms with Crippen LogP contribution in [-0.2, 0) is 10.0 Å². The molecule has 0 heterocycles. The summed E-state index contributed by atoms with van der Waals surface area (Å²) in [6.45, 7) is 1.74. The normalized spacial score (nSPS) is 13.2. The minimum Gasteiger partial charge on any atom is -0.207 e. The van der Waals surface area contributed by atoms with Gasteiger partial charge in [0.1, 0.15) is 0 Å². The fourth-order valence-electron chi connectivity index (χ4n) is 1.82. The van der Waals surface area contributed by atoms with Gasteiger partial charge in [0.15, 0.2) is 0 Å². The predicted octanol–water partition coefficient (Wildman–Crippen LogP) is 4.03. The van der Waals surface area contributed by atoms with Crippen molar-refractivity contribution in [2.45, 2.75) is 17.9 Å². The van der Waals surface area contributed by atoms with Gasteiger partial charge in [0, 0.05) is 16.1 Å². The first-order valence-electron chi connectivity index (χ1n) is 5.92. The van der Waals surface area contributed by atoms with Gasteiger partial charge in [0.2, 0.25) is 10.0 Å². The highest BCUT2D eigenvalue weighted by atomic mass is 35.5. The van der Waals surface area contributed by atoms with E-state index in [1.807, 2.05) is 6.07 Å². The zero-order chi connectivity index (χ0) is 14.8. The Morgan fingerprint density at radius 2 is 1.75 bits per heavy atom. The van der Waals surface area contributed by atoms with Crippen molar-refractivity contribution >= 4 is 33.2 Å². The molecule has 2 aromatic carbocycles. The lowest BCUT2D eigenvalue weighted by atomic mass is 10.1. The number of rotatable bonds is 4. The summed E-state index contributed by atoms with van der Waals surface area (Å²) in [5, 5.41) is 0.895. The van der Waals surface area contributed by atoms with Crippen LogP contribution in [0.25, 0.3) is 0 Å². The Morgan fingerprint density at radius 1 is 1.05 bits per heavy atom. The van der Waals surface area contributed by atoms with Gasteiger partial charge < -0.3 is 0 Å². The van der Waals surface area contributed by atoms with Crippen LogP contribution in [-0.4, -0.2) is 8.42 Å². The Labute approximate surface area is 128 Å². The third-order valence-electron chi connectivity index (χ3n) is 2.81. The Bertz CT molecular complexity index is 717. The second-order valence-corrected chi connectivity index (χ2v) is 6.88. The van der Waals surface area contributed by atoms with E-state index in [-0.39, 0.29) is 4.90 Å². The molecule has 3 nitrogen and oxygen atoms in total. The molecule has 0 radical (unpaired) electrons. The van der Waals surface area contributed by atoms with Gasteiger partial charge in [0.25, 0.3) is 0 Å². The number of sulfonamides is 1. The quantitative estimate of drug-likeness (QED) is 0.920. The molecular formula is C14H13Cl2NO2S. The van der Waals surface area contributed by atoms with E-state index >= 15 is 0 Å². The molecule has 0 spiro atoms. The predicted molar refractivity (Wildman–Crippen MR) is 81.6 cm³/mol. The molecule has 2 rings (SSSR count). The molecule has 2 aromatic rings. The van der Waals surface area contributed by atoms with E-state index in [1.54, 1.807) is 37.3 Å². The van der Waals surface area contributed by atoms with Crippen molar-refractivity contribution in [1.82, 2.24) is 4.72 Å². The van der Waals surface area contributed by atoms with Crippen molar-refractivity contribution in [1.29, 1.82) is 0 Å². The van der Waals surface area contributed by atoms with Gasteiger partial charge in [-0.05, 0) is 36.8 Å². The van der Waals surface area contributed by atoms with Gasteiger partial charge in [-0.1, -0.05) is 47.5 Å². The highest BCUT2D eigenvalue weighted by Crippen LogP contribution is 2.24. The highest BCUT2D eigenvalue weighted by molar-refractivity contribution is 7.89. The number of benzene rings is 2. The van der Waals surface area contributed by atoms with Crippen molar-refractivity contribution in [3.63, 3.8) is 0 Å². The molecular weight excluding hydrogens is 317 g/mol. The maximum Gasteiger partial charge on any atom is 0.241 e. The molecule has 0 aliphatic rings. The fourth-order valence-corrected chi connectivity index (χ4v) is 3.65. The van der Waals surface area contributed by atoms with Gasteiger partial charge in [-0.3, -0.25) is 0 Å². The summed E-state index contributed by atoms with van der Waals surface area (Å²) in [6, 6.07) is 12.8. The molecule has 106 valence electrons. The van der Waals surface area contributed by atoms with E-state index in [4.69, 9.17) is 23.2 Å². The Balaban J connectivity index is 2.27. The standard InChI is InChI=1S/C14H13Cl2NO2S/c1-10(13-7-2-3-8-14(13)16)17-20(18,19)12-6-4-5-11(15)9-12/h2-10,17H,1H3. The molecule has 1 atom stereocenters. The first kappa shape index (κ1) is 15.3. The molecule has 1 N–H and O–H groups in total. The van der Waals surface area contributed by atoms with E-state index < -0.39 is 16.1 Å². The van der Waals surface area contributed by atoms with Gasteiger partial charge in [-0.2, -0.15) is 0 Å². The summed E-state index contributed by atoms with van der Waals surface area (Å²) in [7, 11) is -3.64. The summed E-state index contributed by atoms with van der Waals surface area (Å²) >= 11 is 11.9. The number of halogens is 2. The average molecular weight is 330 g/mol. The Hall–Kier alpha value is -1.07. The molecule has 1 unspecified atom stereocenters. The molecule has 0 aliphatic heterocycles. The van der Waals surface area contributed by atoms with Crippen LogP contribution in [0, 0.1) is 0 Å². The van der Waals surface area contributed by atoms with Crippen LogP contribution in [0.5, 0.6) is 0 Å². The van der Waals surface area contributed by atoms with Crippen LogP contribution in [0.15, 0.2) is 53.4 Å². The van der Waals surface area contributed by atoms with Gasteiger partial charge in [0.05, 0.1) is 4.90 Å². The summed E-state index contributed by atoms with van der Waals surface area (Å²) in [4.78, 5) is 0.129. The molecule has 0 fully saturated rings. The SMILES string of the molecule is CC(NS(=O)(=O)c1cccc(Cl)c1)c1ccccc1Cl. The van der Waals surface area contributed by atoms with E-state index in [1.165, 1.54) is 12.1 Å². The lowest BCUT2D eigenvalue weighted by Crippen LogP contribution is -2.27. The first-order chi connectivity index (χ1) is 9.40. The molecule has 0 saturated carbocycles. The van der Waals surface area contributed by atoms with E-state index in [2.05, 4.69) is 4.72 Å². The van der Waals surface area contributed by atoms with E-state index in [9.17, 15) is 8.42 Å². The second kappa shape index (κ2) is 6.14. The van der Waals surface area contributed by atoms with Gasteiger partial charge >= 0.3 is 0 Å². The smallest absolute Gasteiger partial charge is 0.207 e. The second-order valence-electron chi connectivity index (χ2n) is 4.32. The summed E-state index contributed by atoms with van der Waals surface area (Å²) in [5.74, 6) is 0. The monoisotopic (exact) mass is 329 g/mol. The Morgan fingerprint density at radius 3 is 2.40 bits per heavy atom. The molecule has 0 aliphatic carbocycles. The maximum absolute atomic E-state index is 12.3. The number of hydrogen-bond acceptors (Lipinski definition) is 2. The highest BCUT2D eigenvalue weighted by Gasteiger charge is 2.19. The van der Waals surface area contributed by atoms with Crippen molar-refractivity contribution < 1.29 is 8.42 Å². The summed E-state index contributed by atoms with van der Waals surface area (Å²) < 4.78 is 27.1. The van der Waals surface area contributed by atoms with Crippen LogP contribution in [0.3, 0.4) is 0 Å². The molecule has 0 saturated heterocycles. The number of nitrogens with one attached hydrogen (secondary N) is 1.